The lowest BCUT2D eigenvalue weighted by Gasteiger charge is -2.26. The number of nitro groups is 1. The second-order valence-corrected chi connectivity index (χ2v) is 5.62. The van der Waals surface area contributed by atoms with Crippen LogP contribution in [0.3, 0.4) is 0 Å². The van der Waals surface area contributed by atoms with E-state index in [4.69, 9.17) is 4.74 Å². The van der Waals surface area contributed by atoms with E-state index in [-0.39, 0.29) is 23.4 Å². The molecule has 126 valence electrons. The fourth-order valence-electron chi connectivity index (χ4n) is 2.52. The highest BCUT2D eigenvalue weighted by Crippen LogP contribution is 2.39. The van der Waals surface area contributed by atoms with Gasteiger partial charge >= 0.3 is 17.6 Å². The van der Waals surface area contributed by atoms with Crippen LogP contribution in [-0.2, 0) is 9.59 Å². The summed E-state index contributed by atoms with van der Waals surface area (Å²) in [5.41, 5.74) is -1.13. The zero-order chi connectivity index (χ0) is 18.1. The molecule has 2 N–H and O–H groups in total. The van der Waals surface area contributed by atoms with Crippen molar-refractivity contribution < 1.29 is 29.5 Å². The monoisotopic (exact) mass is 333 g/mol. The number of allylic oxidation sites excluding steroid dienone is 2. The number of hydrogen-bond donors (Lipinski definition) is 2. The largest absolute Gasteiger partial charge is 0.490 e. The summed E-state index contributed by atoms with van der Waals surface area (Å²) >= 11 is 0. The Kier molecular flexibility index (Phi) is 4.41. The molecule has 0 aromatic heterocycles. The van der Waals surface area contributed by atoms with Crippen LogP contribution >= 0.6 is 0 Å². The van der Waals surface area contributed by atoms with Gasteiger partial charge in [0.2, 0.25) is 0 Å². The van der Waals surface area contributed by atoms with E-state index in [1.165, 1.54) is 44.4 Å². The molecule has 1 aromatic carbocycles. The number of carbonyl (C=O) groups is 2. The van der Waals surface area contributed by atoms with Gasteiger partial charge < -0.3 is 14.9 Å². The van der Waals surface area contributed by atoms with Crippen LogP contribution in [0.4, 0.5) is 5.69 Å². The Morgan fingerprint density at radius 2 is 2.00 bits per heavy atom. The molecule has 0 amide bonds. The molecule has 0 radical (unpaired) electrons. The molecule has 0 aliphatic heterocycles. The molecule has 1 aromatic rings. The lowest BCUT2D eigenvalue weighted by atomic mass is 9.76. The summed E-state index contributed by atoms with van der Waals surface area (Å²) in [7, 11) is 1.30. The van der Waals surface area contributed by atoms with Crippen LogP contribution < -0.4 is 4.74 Å². The van der Waals surface area contributed by atoms with Crippen LogP contribution in [0.15, 0.2) is 35.9 Å². The van der Waals surface area contributed by atoms with E-state index in [0.717, 1.165) is 0 Å². The molecule has 8 heteroatoms. The summed E-state index contributed by atoms with van der Waals surface area (Å²) in [4.78, 5) is 33.3. The second kappa shape index (κ2) is 6.15. The van der Waals surface area contributed by atoms with Crippen LogP contribution in [0.2, 0.25) is 0 Å². The van der Waals surface area contributed by atoms with E-state index in [9.17, 15) is 29.9 Å². The minimum atomic E-state index is -1.41. The average molecular weight is 333 g/mol. The Bertz CT molecular complexity index is 794. The van der Waals surface area contributed by atoms with Gasteiger partial charge in [-0.05, 0) is 36.6 Å². The third-order valence-corrected chi connectivity index (χ3v) is 3.83. The Hall–Kier alpha value is -3.16. The minimum Gasteiger partial charge on any atom is -0.490 e. The normalized spacial score (nSPS) is 19.9. The molecule has 1 aliphatic rings. The Balaban J connectivity index is 2.62. The van der Waals surface area contributed by atoms with E-state index in [0.29, 0.717) is 11.1 Å². The van der Waals surface area contributed by atoms with E-state index in [1.807, 2.05) is 0 Å². The van der Waals surface area contributed by atoms with Crippen LogP contribution in [0, 0.1) is 15.5 Å². The number of hydrogen-bond acceptors (Lipinski definition) is 5. The Morgan fingerprint density at radius 3 is 2.50 bits per heavy atom. The second-order valence-electron chi connectivity index (χ2n) is 5.62. The fraction of sp³-hybridized carbons (Fsp3) is 0.250. The fourth-order valence-corrected chi connectivity index (χ4v) is 2.52. The van der Waals surface area contributed by atoms with Crippen LogP contribution in [0.25, 0.3) is 5.57 Å². The molecule has 8 nitrogen and oxygen atoms in total. The van der Waals surface area contributed by atoms with Gasteiger partial charge in [-0.15, -0.1) is 0 Å². The maximum absolute atomic E-state index is 11.5. The predicted octanol–water partition coefficient (Wildman–Crippen LogP) is 2.49. The number of methoxy groups -OCH3 is 1. The Morgan fingerprint density at radius 1 is 1.33 bits per heavy atom. The van der Waals surface area contributed by atoms with Crippen molar-refractivity contribution in [2.24, 2.45) is 5.41 Å². The standard InChI is InChI=1S/C16H15NO7/c1-16(15(20)21)7-10(5-11(8-16)14(18)19)9-3-4-13(24-2)12(6-9)17(22)23/h3-7H,8H2,1-2H3,(H,18,19)(H,20,21). The van der Waals surface area contributed by atoms with Gasteiger partial charge in [0.15, 0.2) is 5.75 Å². The zero-order valence-corrected chi connectivity index (χ0v) is 13.0. The van der Waals surface area contributed by atoms with Crippen molar-refractivity contribution >= 4 is 23.2 Å². The van der Waals surface area contributed by atoms with Gasteiger partial charge in [-0.2, -0.15) is 0 Å². The first-order valence-corrected chi connectivity index (χ1v) is 6.91. The number of nitro benzene ring substituents is 1. The Labute approximate surface area is 136 Å². The number of rotatable bonds is 5. The van der Waals surface area contributed by atoms with Crippen LogP contribution in [-0.4, -0.2) is 34.2 Å². The molecule has 24 heavy (non-hydrogen) atoms. The minimum absolute atomic E-state index is 0.0589. The maximum atomic E-state index is 11.5. The van der Waals surface area contributed by atoms with Crippen molar-refractivity contribution in [2.45, 2.75) is 13.3 Å². The molecular weight excluding hydrogens is 318 g/mol. The van der Waals surface area contributed by atoms with Gasteiger partial charge in [0.05, 0.1) is 17.4 Å². The van der Waals surface area contributed by atoms with Crippen molar-refractivity contribution in [1.82, 2.24) is 0 Å². The van der Waals surface area contributed by atoms with Gasteiger partial charge in [-0.25, -0.2) is 4.79 Å². The van der Waals surface area contributed by atoms with E-state index in [2.05, 4.69) is 0 Å². The molecule has 0 saturated heterocycles. The van der Waals surface area contributed by atoms with Crippen molar-refractivity contribution in [3.8, 4) is 5.75 Å². The number of benzene rings is 1. The smallest absolute Gasteiger partial charge is 0.331 e. The molecule has 0 heterocycles. The predicted molar refractivity (Wildman–Crippen MR) is 83.7 cm³/mol. The lowest BCUT2D eigenvalue weighted by molar-refractivity contribution is -0.385. The van der Waals surface area contributed by atoms with Gasteiger partial charge in [0.1, 0.15) is 0 Å². The topological polar surface area (TPSA) is 127 Å². The third-order valence-electron chi connectivity index (χ3n) is 3.83. The third kappa shape index (κ3) is 3.12. The molecule has 1 aliphatic carbocycles. The SMILES string of the molecule is COc1ccc(C2=CC(C)(C(=O)O)CC(C(=O)O)=C2)cc1[N+](=O)[O-]. The van der Waals surface area contributed by atoms with Crippen molar-refractivity contribution in [3.63, 3.8) is 0 Å². The summed E-state index contributed by atoms with van der Waals surface area (Å²) < 4.78 is 4.92. The molecular formula is C16H15NO7. The molecule has 0 saturated carbocycles. The van der Waals surface area contributed by atoms with Gasteiger partial charge in [0, 0.05) is 11.6 Å². The summed E-state index contributed by atoms with van der Waals surface area (Å²) in [6.07, 6.45) is 2.57. The van der Waals surface area contributed by atoms with E-state index in [1.54, 1.807) is 0 Å². The summed E-state index contributed by atoms with van der Waals surface area (Å²) in [5.74, 6) is -2.34. The quantitative estimate of drug-likeness (QED) is 0.626. The van der Waals surface area contributed by atoms with Gasteiger partial charge in [-0.3, -0.25) is 14.9 Å². The molecule has 1 unspecified atom stereocenters. The lowest BCUT2D eigenvalue weighted by Crippen LogP contribution is -2.29. The van der Waals surface area contributed by atoms with Gasteiger partial charge in [-0.1, -0.05) is 12.1 Å². The molecule has 0 bridgehead atoms. The van der Waals surface area contributed by atoms with Crippen LogP contribution in [0.1, 0.15) is 18.9 Å². The van der Waals surface area contributed by atoms with Crippen LogP contribution in [0.5, 0.6) is 5.75 Å². The average Bonchev–Trinajstić information content (AvgIpc) is 2.53. The molecule has 0 spiro atoms. The number of aliphatic carboxylic acids is 2. The summed E-state index contributed by atoms with van der Waals surface area (Å²) in [5, 5.41) is 29.7. The molecule has 0 fully saturated rings. The van der Waals surface area contributed by atoms with Crippen molar-refractivity contribution in [2.75, 3.05) is 7.11 Å². The number of carboxylic acid groups (broad SMARTS) is 2. The highest BCUT2D eigenvalue weighted by atomic mass is 16.6. The summed E-state index contributed by atoms with van der Waals surface area (Å²) in [6.45, 7) is 1.41. The highest BCUT2D eigenvalue weighted by Gasteiger charge is 2.37. The first kappa shape index (κ1) is 17.2. The maximum Gasteiger partial charge on any atom is 0.331 e. The number of ether oxygens (including phenoxy) is 1. The zero-order valence-electron chi connectivity index (χ0n) is 13.0. The first-order valence-electron chi connectivity index (χ1n) is 6.91. The van der Waals surface area contributed by atoms with E-state index < -0.39 is 22.3 Å². The van der Waals surface area contributed by atoms with E-state index >= 15 is 0 Å². The molecule has 2 rings (SSSR count). The number of carboxylic acids is 2. The number of nitrogens with zero attached hydrogens (tertiary/aromatic N) is 1. The summed E-state index contributed by atoms with van der Waals surface area (Å²) in [6, 6.07) is 4.13. The van der Waals surface area contributed by atoms with Gasteiger partial charge in [0.25, 0.3) is 0 Å². The molecule has 1 atom stereocenters. The highest BCUT2D eigenvalue weighted by molar-refractivity contribution is 5.96. The first-order chi connectivity index (χ1) is 11.2. The van der Waals surface area contributed by atoms with Crippen molar-refractivity contribution in [1.29, 1.82) is 0 Å². The van der Waals surface area contributed by atoms with Crippen molar-refractivity contribution in [3.05, 3.63) is 51.6 Å².